The van der Waals surface area contributed by atoms with Crippen molar-refractivity contribution in [2.75, 3.05) is 0 Å². The predicted molar refractivity (Wildman–Crippen MR) is 74.2 cm³/mol. The van der Waals surface area contributed by atoms with Crippen LogP contribution in [0.3, 0.4) is 0 Å². The van der Waals surface area contributed by atoms with E-state index in [0.29, 0.717) is 0 Å². The molecule has 0 nitrogen and oxygen atoms in total. The van der Waals surface area contributed by atoms with Crippen LogP contribution in [0.1, 0.15) is 0 Å². The summed E-state index contributed by atoms with van der Waals surface area (Å²) in [6.07, 6.45) is 0. The minimum absolute atomic E-state index is 0.773. The molecule has 0 aliphatic heterocycles. The lowest BCUT2D eigenvalue weighted by Gasteiger charge is -2.06. The van der Waals surface area contributed by atoms with Crippen LogP contribution in [0.2, 0.25) is 5.02 Å². The van der Waals surface area contributed by atoms with Gasteiger partial charge in [0.25, 0.3) is 0 Å². The molecule has 0 spiro atoms. The van der Waals surface area contributed by atoms with Crippen LogP contribution >= 0.6 is 27.5 Å². The van der Waals surface area contributed by atoms with Gasteiger partial charge < -0.3 is 0 Å². The van der Waals surface area contributed by atoms with Crippen LogP contribution in [0, 0.1) is 0 Å². The average Bonchev–Trinajstić information content (AvgIpc) is 2.29. The van der Waals surface area contributed by atoms with Crippen molar-refractivity contribution < 1.29 is 0 Å². The molecule has 0 heterocycles. The van der Waals surface area contributed by atoms with Gasteiger partial charge in [0.05, 0.1) is 0 Å². The van der Waals surface area contributed by atoms with E-state index in [0.717, 1.165) is 14.9 Å². The zero-order valence-electron chi connectivity index (χ0n) is 8.37. The van der Waals surface area contributed by atoms with Gasteiger partial charge in [-0.25, -0.2) is 0 Å². The van der Waals surface area contributed by atoms with Gasteiger partial charge in [-0.2, -0.15) is 0 Å². The van der Waals surface area contributed by atoms with Crippen molar-refractivity contribution in [1.82, 2.24) is 0 Å². The van der Waals surface area contributed by atoms with Crippen LogP contribution in [0.5, 0.6) is 0 Å². The summed E-state index contributed by atoms with van der Waals surface area (Å²) in [6.45, 7) is 0. The number of hydrogen-bond acceptors (Lipinski definition) is 0. The highest BCUT2D eigenvalue weighted by molar-refractivity contribution is 9.10. The first-order valence-electron chi connectivity index (χ1n) is 5.02. The fourth-order valence-electron chi connectivity index (χ4n) is 2.04. The average molecular weight is 292 g/mol. The number of rotatable bonds is 0. The van der Waals surface area contributed by atoms with E-state index in [1.54, 1.807) is 0 Å². The van der Waals surface area contributed by atoms with Gasteiger partial charge in [-0.05, 0) is 39.7 Å². The SMILES string of the molecule is Clc1ccc2c(c1)cc(Br)c1ccccc12. The van der Waals surface area contributed by atoms with E-state index in [-0.39, 0.29) is 0 Å². The third-order valence-electron chi connectivity index (χ3n) is 2.77. The summed E-state index contributed by atoms with van der Waals surface area (Å²) in [4.78, 5) is 0. The van der Waals surface area contributed by atoms with Gasteiger partial charge in [-0.1, -0.05) is 57.9 Å². The minimum atomic E-state index is 0.773. The van der Waals surface area contributed by atoms with Gasteiger partial charge in [0.2, 0.25) is 0 Å². The first kappa shape index (κ1) is 10.1. The van der Waals surface area contributed by atoms with Gasteiger partial charge in [0.15, 0.2) is 0 Å². The van der Waals surface area contributed by atoms with E-state index in [4.69, 9.17) is 11.6 Å². The Kier molecular flexibility index (Phi) is 2.38. The van der Waals surface area contributed by atoms with Crippen molar-refractivity contribution in [3.8, 4) is 0 Å². The highest BCUT2D eigenvalue weighted by Gasteiger charge is 2.04. The Morgan fingerprint density at radius 1 is 0.812 bits per heavy atom. The molecule has 16 heavy (non-hydrogen) atoms. The van der Waals surface area contributed by atoms with Gasteiger partial charge in [0, 0.05) is 9.50 Å². The molecule has 0 unspecified atom stereocenters. The Hall–Kier alpha value is -1.05. The summed E-state index contributed by atoms with van der Waals surface area (Å²) >= 11 is 9.61. The van der Waals surface area contributed by atoms with Crippen LogP contribution in [0.15, 0.2) is 53.0 Å². The van der Waals surface area contributed by atoms with E-state index >= 15 is 0 Å². The summed E-state index contributed by atoms with van der Waals surface area (Å²) in [7, 11) is 0. The molecule has 3 rings (SSSR count). The van der Waals surface area contributed by atoms with E-state index in [1.165, 1.54) is 16.2 Å². The molecule has 0 aliphatic rings. The summed E-state index contributed by atoms with van der Waals surface area (Å²) in [5.41, 5.74) is 0. The van der Waals surface area contributed by atoms with Crippen molar-refractivity contribution in [3.05, 3.63) is 58.0 Å². The molecule has 0 N–H and O–H groups in total. The molecule has 0 aliphatic carbocycles. The Morgan fingerprint density at radius 3 is 2.38 bits per heavy atom. The molecule has 0 fully saturated rings. The molecule has 2 heteroatoms. The third-order valence-corrected chi connectivity index (χ3v) is 3.66. The van der Waals surface area contributed by atoms with Crippen molar-refractivity contribution in [2.45, 2.75) is 0 Å². The van der Waals surface area contributed by atoms with Gasteiger partial charge in [-0.3, -0.25) is 0 Å². The third kappa shape index (κ3) is 1.51. The molecule has 0 atom stereocenters. The second-order valence-electron chi connectivity index (χ2n) is 3.77. The first-order chi connectivity index (χ1) is 7.75. The quantitative estimate of drug-likeness (QED) is 0.486. The van der Waals surface area contributed by atoms with E-state index < -0.39 is 0 Å². The summed E-state index contributed by atoms with van der Waals surface area (Å²) in [6, 6.07) is 16.5. The molecule has 78 valence electrons. The molecule has 3 aromatic rings. The monoisotopic (exact) mass is 290 g/mol. The Labute approximate surface area is 107 Å². The van der Waals surface area contributed by atoms with Crippen LogP contribution in [0.4, 0.5) is 0 Å². The second-order valence-corrected chi connectivity index (χ2v) is 5.06. The fraction of sp³-hybridized carbons (Fsp3) is 0. The summed E-state index contributed by atoms with van der Waals surface area (Å²) < 4.78 is 1.11. The molecule has 3 aromatic carbocycles. The van der Waals surface area contributed by atoms with E-state index in [2.05, 4.69) is 52.3 Å². The maximum absolute atomic E-state index is 6.01. The van der Waals surface area contributed by atoms with Crippen LogP contribution in [-0.2, 0) is 0 Å². The highest BCUT2D eigenvalue weighted by atomic mass is 79.9. The Bertz CT molecular complexity index is 689. The van der Waals surface area contributed by atoms with Gasteiger partial charge in [-0.15, -0.1) is 0 Å². The molecule has 0 saturated heterocycles. The van der Waals surface area contributed by atoms with Crippen LogP contribution < -0.4 is 0 Å². The molecule has 0 bridgehead atoms. The molecular weight excluding hydrogens is 284 g/mol. The number of hydrogen-bond donors (Lipinski definition) is 0. The van der Waals surface area contributed by atoms with Gasteiger partial charge in [0.1, 0.15) is 0 Å². The Balaban J connectivity index is 2.59. The van der Waals surface area contributed by atoms with Gasteiger partial charge >= 0.3 is 0 Å². The maximum atomic E-state index is 6.01. The topological polar surface area (TPSA) is 0 Å². The largest absolute Gasteiger partial charge is 0.0843 e. The molecule has 0 saturated carbocycles. The Morgan fingerprint density at radius 2 is 1.56 bits per heavy atom. The smallest absolute Gasteiger partial charge is 0.0412 e. The van der Waals surface area contributed by atoms with Crippen molar-refractivity contribution in [2.24, 2.45) is 0 Å². The van der Waals surface area contributed by atoms with E-state index in [1.807, 2.05) is 12.1 Å². The van der Waals surface area contributed by atoms with Crippen molar-refractivity contribution >= 4 is 49.1 Å². The minimum Gasteiger partial charge on any atom is -0.0843 e. The number of halogens is 2. The lowest BCUT2D eigenvalue weighted by Crippen LogP contribution is -1.79. The molecule has 0 amide bonds. The van der Waals surface area contributed by atoms with E-state index in [9.17, 15) is 0 Å². The normalized spacial score (nSPS) is 11.1. The number of benzene rings is 3. The van der Waals surface area contributed by atoms with Crippen LogP contribution in [-0.4, -0.2) is 0 Å². The zero-order chi connectivity index (χ0) is 11.1. The fourth-order valence-corrected chi connectivity index (χ4v) is 2.81. The van der Waals surface area contributed by atoms with Crippen molar-refractivity contribution in [1.29, 1.82) is 0 Å². The van der Waals surface area contributed by atoms with Crippen molar-refractivity contribution in [3.63, 3.8) is 0 Å². The second kappa shape index (κ2) is 3.76. The van der Waals surface area contributed by atoms with Crippen LogP contribution in [0.25, 0.3) is 21.5 Å². The summed E-state index contributed by atoms with van der Waals surface area (Å²) in [5.74, 6) is 0. The lowest BCUT2D eigenvalue weighted by molar-refractivity contribution is 1.73. The first-order valence-corrected chi connectivity index (χ1v) is 6.19. The summed E-state index contributed by atoms with van der Waals surface area (Å²) in [5, 5.41) is 5.66. The predicted octanol–water partition coefficient (Wildman–Crippen LogP) is 5.41. The maximum Gasteiger partial charge on any atom is 0.0412 e. The number of fused-ring (bicyclic) bond motifs is 3. The zero-order valence-corrected chi connectivity index (χ0v) is 10.7. The molecule has 0 aromatic heterocycles. The lowest BCUT2D eigenvalue weighted by atomic mass is 10.0. The molecular formula is C14H8BrCl. The molecule has 0 radical (unpaired) electrons. The standard InChI is InChI=1S/C14H8BrCl/c15-14-8-9-7-10(16)5-6-11(9)12-3-1-2-4-13(12)14/h1-8H. The highest BCUT2D eigenvalue weighted by Crippen LogP contribution is 2.32.